The number of nitrogens with zero attached hydrogens (tertiary/aromatic N) is 2. The fraction of sp³-hybridized carbons (Fsp3) is 0.643. The van der Waals surface area contributed by atoms with Crippen LogP contribution in [0.3, 0.4) is 0 Å². The second-order valence-electron chi connectivity index (χ2n) is 4.99. The Morgan fingerprint density at radius 3 is 2.82 bits per heavy atom. The second-order valence-corrected chi connectivity index (χ2v) is 4.99. The monoisotopic (exact) mass is 233 g/mol. The van der Waals surface area contributed by atoms with E-state index in [-0.39, 0.29) is 0 Å². The molecule has 1 aliphatic rings. The van der Waals surface area contributed by atoms with Crippen molar-refractivity contribution in [3.8, 4) is 0 Å². The molecule has 0 saturated carbocycles. The molecule has 0 spiro atoms. The first-order chi connectivity index (χ1) is 8.25. The molecule has 2 heterocycles. The topological polar surface area (TPSA) is 28.2 Å². The molecule has 1 atom stereocenters. The van der Waals surface area contributed by atoms with Gasteiger partial charge in [-0.15, -0.1) is 0 Å². The molecule has 17 heavy (non-hydrogen) atoms. The van der Waals surface area contributed by atoms with Crippen molar-refractivity contribution in [1.29, 1.82) is 0 Å². The number of hydrogen-bond acceptors (Lipinski definition) is 3. The molecule has 0 bridgehead atoms. The van der Waals surface area contributed by atoms with Crippen LogP contribution in [0.1, 0.15) is 31.2 Å². The van der Waals surface area contributed by atoms with Crippen LogP contribution in [-0.4, -0.2) is 35.6 Å². The van der Waals surface area contributed by atoms with Crippen molar-refractivity contribution in [3.05, 3.63) is 29.6 Å². The van der Waals surface area contributed by atoms with Gasteiger partial charge in [-0.1, -0.05) is 6.07 Å². The van der Waals surface area contributed by atoms with Crippen LogP contribution in [0.2, 0.25) is 0 Å². The fourth-order valence-corrected chi connectivity index (χ4v) is 2.42. The van der Waals surface area contributed by atoms with E-state index in [1.54, 1.807) is 0 Å². The highest BCUT2D eigenvalue weighted by molar-refractivity contribution is 5.09. The molecule has 3 heteroatoms. The van der Waals surface area contributed by atoms with Gasteiger partial charge >= 0.3 is 0 Å². The van der Waals surface area contributed by atoms with Crippen LogP contribution >= 0.6 is 0 Å². The largest absolute Gasteiger partial charge is 0.310 e. The van der Waals surface area contributed by atoms with E-state index in [2.05, 4.69) is 34.3 Å². The van der Waals surface area contributed by atoms with Gasteiger partial charge in [-0.25, -0.2) is 0 Å². The smallest absolute Gasteiger partial charge is 0.0544 e. The van der Waals surface area contributed by atoms with E-state index < -0.39 is 0 Å². The third-order valence-corrected chi connectivity index (χ3v) is 3.46. The molecule has 0 amide bonds. The van der Waals surface area contributed by atoms with E-state index in [0.29, 0.717) is 6.04 Å². The minimum Gasteiger partial charge on any atom is -0.310 e. The highest BCUT2D eigenvalue weighted by atomic mass is 15.2. The second kappa shape index (κ2) is 6.12. The van der Waals surface area contributed by atoms with Crippen molar-refractivity contribution >= 4 is 0 Å². The van der Waals surface area contributed by atoms with E-state index >= 15 is 0 Å². The van der Waals surface area contributed by atoms with E-state index in [9.17, 15) is 0 Å². The maximum Gasteiger partial charge on any atom is 0.0544 e. The summed E-state index contributed by atoms with van der Waals surface area (Å²) in [4.78, 5) is 7.06. The fourth-order valence-electron chi connectivity index (χ4n) is 2.42. The Bertz CT molecular complexity index is 345. The molecular formula is C14H23N3. The maximum absolute atomic E-state index is 4.49. The summed E-state index contributed by atoms with van der Waals surface area (Å²) in [6.07, 6.45) is 2.73. The first kappa shape index (κ1) is 12.5. The van der Waals surface area contributed by atoms with E-state index in [0.717, 1.165) is 24.5 Å². The lowest BCUT2D eigenvalue weighted by atomic mass is 10.2. The molecule has 1 saturated heterocycles. The summed E-state index contributed by atoms with van der Waals surface area (Å²) in [7, 11) is 0. The summed E-state index contributed by atoms with van der Waals surface area (Å²) < 4.78 is 0. The lowest BCUT2D eigenvalue weighted by Crippen LogP contribution is -2.38. The van der Waals surface area contributed by atoms with Crippen molar-refractivity contribution in [2.45, 2.75) is 39.3 Å². The SMILES string of the molecule is Cc1cccc(CNCC(C)N2CCCC2)n1. The molecule has 1 aliphatic heterocycles. The van der Waals surface area contributed by atoms with Crippen LogP contribution < -0.4 is 5.32 Å². The van der Waals surface area contributed by atoms with Gasteiger partial charge in [-0.05, 0) is 51.9 Å². The zero-order valence-electron chi connectivity index (χ0n) is 10.9. The molecule has 1 aromatic rings. The van der Waals surface area contributed by atoms with Gasteiger partial charge in [-0.3, -0.25) is 9.88 Å². The highest BCUT2D eigenvalue weighted by Gasteiger charge is 2.17. The lowest BCUT2D eigenvalue weighted by Gasteiger charge is -2.23. The van der Waals surface area contributed by atoms with Crippen molar-refractivity contribution in [1.82, 2.24) is 15.2 Å². The third kappa shape index (κ3) is 3.79. The summed E-state index contributed by atoms with van der Waals surface area (Å²) in [6, 6.07) is 6.84. The van der Waals surface area contributed by atoms with Gasteiger partial charge in [0.25, 0.3) is 0 Å². The number of rotatable bonds is 5. The Morgan fingerprint density at radius 2 is 2.12 bits per heavy atom. The first-order valence-electron chi connectivity index (χ1n) is 6.63. The van der Waals surface area contributed by atoms with Crippen LogP contribution in [-0.2, 0) is 6.54 Å². The number of aryl methyl sites for hydroxylation is 1. The van der Waals surface area contributed by atoms with Crippen molar-refractivity contribution < 1.29 is 0 Å². The maximum atomic E-state index is 4.49. The van der Waals surface area contributed by atoms with Gasteiger partial charge in [0.05, 0.1) is 5.69 Å². The number of hydrogen-bond donors (Lipinski definition) is 1. The molecule has 2 rings (SSSR count). The van der Waals surface area contributed by atoms with Gasteiger partial charge in [0.15, 0.2) is 0 Å². The van der Waals surface area contributed by atoms with Crippen LogP contribution in [0.25, 0.3) is 0 Å². The molecule has 0 aromatic carbocycles. The van der Waals surface area contributed by atoms with E-state index in [4.69, 9.17) is 0 Å². The standard InChI is InChI=1S/C14H23N3/c1-12-6-5-7-14(16-12)11-15-10-13(2)17-8-3-4-9-17/h5-7,13,15H,3-4,8-11H2,1-2H3. The quantitative estimate of drug-likeness (QED) is 0.842. The Labute approximate surface area is 104 Å². The lowest BCUT2D eigenvalue weighted by molar-refractivity contribution is 0.251. The van der Waals surface area contributed by atoms with Gasteiger partial charge in [0.1, 0.15) is 0 Å². The Hall–Kier alpha value is -0.930. The minimum absolute atomic E-state index is 0.641. The molecule has 0 radical (unpaired) electrons. The molecular weight excluding hydrogens is 210 g/mol. The zero-order chi connectivity index (χ0) is 12.1. The Kier molecular flexibility index (Phi) is 4.51. The summed E-state index contributed by atoms with van der Waals surface area (Å²) in [5.74, 6) is 0. The predicted octanol–water partition coefficient (Wildman–Crippen LogP) is 1.96. The van der Waals surface area contributed by atoms with E-state index in [1.807, 2.05) is 13.0 Å². The highest BCUT2D eigenvalue weighted by Crippen LogP contribution is 2.10. The van der Waals surface area contributed by atoms with E-state index in [1.165, 1.54) is 25.9 Å². The van der Waals surface area contributed by atoms with Crippen LogP contribution in [0.4, 0.5) is 0 Å². The molecule has 3 nitrogen and oxygen atoms in total. The molecule has 94 valence electrons. The number of likely N-dealkylation sites (tertiary alicyclic amines) is 1. The zero-order valence-corrected chi connectivity index (χ0v) is 10.9. The molecule has 1 fully saturated rings. The van der Waals surface area contributed by atoms with Crippen molar-refractivity contribution in [2.75, 3.05) is 19.6 Å². The van der Waals surface area contributed by atoms with Gasteiger partial charge in [0.2, 0.25) is 0 Å². The normalized spacial score (nSPS) is 18.5. The predicted molar refractivity (Wildman–Crippen MR) is 70.9 cm³/mol. The van der Waals surface area contributed by atoms with Crippen molar-refractivity contribution in [3.63, 3.8) is 0 Å². The minimum atomic E-state index is 0.641. The molecule has 1 aromatic heterocycles. The Balaban J connectivity index is 1.71. The summed E-state index contributed by atoms with van der Waals surface area (Å²) >= 11 is 0. The van der Waals surface area contributed by atoms with Crippen molar-refractivity contribution in [2.24, 2.45) is 0 Å². The molecule has 1 unspecified atom stereocenters. The van der Waals surface area contributed by atoms with Crippen LogP contribution in [0.5, 0.6) is 0 Å². The summed E-state index contributed by atoms with van der Waals surface area (Å²) in [5.41, 5.74) is 2.23. The number of pyridine rings is 1. The third-order valence-electron chi connectivity index (χ3n) is 3.46. The summed E-state index contributed by atoms with van der Waals surface area (Å²) in [5, 5.41) is 3.50. The summed E-state index contributed by atoms with van der Waals surface area (Å²) in [6.45, 7) is 8.81. The van der Waals surface area contributed by atoms with Gasteiger partial charge < -0.3 is 5.32 Å². The Morgan fingerprint density at radius 1 is 1.35 bits per heavy atom. The van der Waals surface area contributed by atoms with Gasteiger partial charge in [0, 0.05) is 24.8 Å². The molecule has 1 N–H and O–H groups in total. The number of nitrogens with one attached hydrogen (secondary N) is 1. The first-order valence-corrected chi connectivity index (χ1v) is 6.63. The molecule has 0 aliphatic carbocycles. The van der Waals surface area contributed by atoms with Gasteiger partial charge in [-0.2, -0.15) is 0 Å². The average molecular weight is 233 g/mol. The van der Waals surface area contributed by atoms with Crippen LogP contribution in [0.15, 0.2) is 18.2 Å². The van der Waals surface area contributed by atoms with Crippen LogP contribution in [0, 0.1) is 6.92 Å². The average Bonchev–Trinajstić information content (AvgIpc) is 2.82. The number of aromatic nitrogens is 1.